The second-order valence-electron chi connectivity index (χ2n) is 5.71. The average molecular weight is 281 g/mol. The highest BCUT2D eigenvalue weighted by Gasteiger charge is 2.21. The van der Waals surface area contributed by atoms with Crippen molar-refractivity contribution in [2.24, 2.45) is 11.8 Å². The van der Waals surface area contributed by atoms with E-state index in [2.05, 4.69) is 29.0 Å². The Labute approximate surface area is 119 Å². The van der Waals surface area contributed by atoms with Crippen LogP contribution >= 0.6 is 11.3 Å². The maximum Gasteiger partial charge on any atom is 0.263 e. The van der Waals surface area contributed by atoms with Crippen molar-refractivity contribution in [3.05, 3.63) is 16.1 Å². The molecular formula is C14H23N3OS. The number of nitrogens with zero attached hydrogens (tertiary/aromatic N) is 2. The van der Waals surface area contributed by atoms with Crippen LogP contribution in [0, 0.1) is 18.8 Å². The first-order chi connectivity index (χ1) is 9.04. The van der Waals surface area contributed by atoms with Gasteiger partial charge in [0, 0.05) is 26.2 Å². The Morgan fingerprint density at radius 3 is 2.74 bits per heavy atom. The summed E-state index contributed by atoms with van der Waals surface area (Å²) in [5, 5.41) is 3.91. The summed E-state index contributed by atoms with van der Waals surface area (Å²) in [5.41, 5.74) is 0. The van der Waals surface area contributed by atoms with Crippen LogP contribution in [-0.4, -0.2) is 42.0 Å². The zero-order valence-corrected chi connectivity index (χ0v) is 12.8. The summed E-state index contributed by atoms with van der Waals surface area (Å²) in [7, 11) is 0. The van der Waals surface area contributed by atoms with Crippen molar-refractivity contribution in [1.82, 2.24) is 15.2 Å². The molecule has 0 aliphatic carbocycles. The highest BCUT2D eigenvalue weighted by Crippen LogP contribution is 2.20. The Morgan fingerprint density at radius 1 is 1.47 bits per heavy atom. The van der Waals surface area contributed by atoms with Gasteiger partial charge in [0.2, 0.25) is 0 Å². The lowest BCUT2D eigenvalue weighted by Gasteiger charge is -2.34. The molecule has 1 N–H and O–H groups in total. The number of likely N-dealkylation sites (tertiary alicyclic amines) is 1. The Hall–Kier alpha value is -0.940. The highest BCUT2D eigenvalue weighted by atomic mass is 32.1. The van der Waals surface area contributed by atoms with Crippen molar-refractivity contribution in [1.29, 1.82) is 0 Å². The molecule has 19 heavy (non-hydrogen) atoms. The molecule has 2 rings (SSSR count). The smallest absolute Gasteiger partial charge is 0.263 e. The number of carbonyl (C=O) groups excluding carboxylic acids is 1. The number of aryl methyl sites for hydroxylation is 1. The SMILES string of the molecule is Cc1ncc(C(=O)NCCN2CC(C)CC(C)C2)s1. The molecule has 0 aromatic carbocycles. The molecule has 2 heterocycles. The number of piperidine rings is 1. The number of hydrogen-bond acceptors (Lipinski definition) is 4. The molecule has 0 radical (unpaired) electrons. The molecule has 4 nitrogen and oxygen atoms in total. The minimum absolute atomic E-state index is 0.00343. The van der Waals surface area contributed by atoms with Crippen molar-refractivity contribution < 1.29 is 4.79 Å². The third-order valence-electron chi connectivity index (χ3n) is 3.50. The summed E-state index contributed by atoms with van der Waals surface area (Å²) in [6, 6.07) is 0. The molecule has 1 aliphatic rings. The summed E-state index contributed by atoms with van der Waals surface area (Å²) in [6.45, 7) is 10.5. The monoisotopic (exact) mass is 281 g/mol. The Morgan fingerprint density at radius 2 is 2.16 bits per heavy atom. The molecule has 1 fully saturated rings. The molecule has 1 aliphatic heterocycles. The molecule has 1 aromatic heterocycles. The first kappa shape index (κ1) is 14.5. The second kappa shape index (κ2) is 6.48. The van der Waals surface area contributed by atoms with Crippen LogP contribution in [0.1, 0.15) is 34.9 Å². The van der Waals surface area contributed by atoms with Crippen LogP contribution in [-0.2, 0) is 0 Å². The van der Waals surface area contributed by atoms with Crippen molar-refractivity contribution in [2.45, 2.75) is 27.2 Å². The average Bonchev–Trinajstić information content (AvgIpc) is 2.74. The minimum atomic E-state index is 0.00343. The van der Waals surface area contributed by atoms with Crippen molar-refractivity contribution in [3.8, 4) is 0 Å². The largest absolute Gasteiger partial charge is 0.350 e. The third-order valence-corrected chi connectivity index (χ3v) is 4.41. The highest BCUT2D eigenvalue weighted by molar-refractivity contribution is 7.13. The summed E-state index contributed by atoms with van der Waals surface area (Å²) >= 11 is 1.45. The van der Waals surface area contributed by atoms with Crippen molar-refractivity contribution >= 4 is 17.2 Å². The fraction of sp³-hybridized carbons (Fsp3) is 0.714. The molecule has 2 atom stereocenters. The van der Waals surface area contributed by atoms with E-state index in [0.29, 0.717) is 4.88 Å². The molecule has 1 aromatic rings. The maximum absolute atomic E-state index is 11.9. The molecule has 2 unspecified atom stereocenters. The maximum atomic E-state index is 11.9. The summed E-state index contributed by atoms with van der Waals surface area (Å²) in [4.78, 5) is 19.1. The van der Waals surface area contributed by atoms with Crippen molar-refractivity contribution in [2.75, 3.05) is 26.2 Å². The van der Waals surface area contributed by atoms with Crippen LogP contribution in [0.25, 0.3) is 0 Å². The molecular weight excluding hydrogens is 258 g/mol. The van der Waals surface area contributed by atoms with E-state index < -0.39 is 0 Å². The lowest BCUT2D eigenvalue weighted by molar-refractivity contribution is 0.0940. The van der Waals surface area contributed by atoms with Crippen LogP contribution in [0.4, 0.5) is 0 Å². The molecule has 5 heteroatoms. The quantitative estimate of drug-likeness (QED) is 0.920. The predicted molar refractivity (Wildman–Crippen MR) is 78.6 cm³/mol. The molecule has 1 amide bonds. The zero-order chi connectivity index (χ0) is 13.8. The van der Waals surface area contributed by atoms with E-state index in [4.69, 9.17) is 0 Å². The van der Waals surface area contributed by atoms with Gasteiger partial charge in [0.1, 0.15) is 4.88 Å². The number of nitrogens with one attached hydrogen (secondary N) is 1. The number of hydrogen-bond donors (Lipinski definition) is 1. The van der Waals surface area contributed by atoms with Gasteiger partial charge in [0.05, 0.1) is 11.2 Å². The van der Waals surface area contributed by atoms with Gasteiger partial charge in [-0.2, -0.15) is 0 Å². The summed E-state index contributed by atoms with van der Waals surface area (Å²) in [6.07, 6.45) is 2.98. The van der Waals surface area contributed by atoms with Crippen LogP contribution in [0.2, 0.25) is 0 Å². The molecule has 1 saturated heterocycles. The van der Waals surface area contributed by atoms with E-state index >= 15 is 0 Å². The van der Waals surface area contributed by atoms with Gasteiger partial charge in [0.15, 0.2) is 0 Å². The van der Waals surface area contributed by atoms with Gasteiger partial charge in [-0.25, -0.2) is 4.98 Å². The lowest BCUT2D eigenvalue weighted by atomic mass is 9.92. The normalized spacial score (nSPS) is 24.4. The fourth-order valence-electron chi connectivity index (χ4n) is 2.86. The predicted octanol–water partition coefficient (Wildman–Crippen LogP) is 2.16. The van der Waals surface area contributed by atoms with Gasteiger partial charge in [0.25, 0.3) is 5.91 Å². The molecule has 0 bridgehead atoms. The zero-order valence-electron chi connectivity index (χ0n) is 12.0. The van der Waals surface area contributed by atoms with Gasteiger partial charge in [-0.05, 0) is 25.2 Å². The van der Waals surface area contributed by atoms with Crippen LogP contribution in [0.3, 0.4) is 0 Å². The summed E-state index contributed by atoms with van der Waals surface area (Å²) in [5.74, 6) is 1.54. The van der Waals surface area contributed by atoms with E-state index in [-0.39, 0.29) is 5.91 Å². The van der Waals surface area contributed by atoms with Gasteiger partial charge in [-0.15, -0.1) is 11.3 Å². The Balaban J connectivity index is 1.73. The Bertz CT molecular complexity index is 422. The Kier molecular flexibility index (Phi) is 4.93. The van der Waals surface area contributed by atoms with E-state index in [9.17, 15) is 4.79 Å². The minimum Gasteiger partial charge on any atom is -0.350 e. The van der Waals surface area contributed by atoms with E-state index in [0.717, 1.165) is 43.0 Å². The molecule has 0 spiro atoms. The number of aromatic nitrogens is 1. The number of rotatable bonds is 4. The van der Waals surface area contributed by atoms with Gasteiger partial charge >= 0.3 is 0 Å². The van der Waals surface area contributed by atoms with Crippen LogP contribution in [0.15, 0.2) is 6.20 Å². The van der Waals surface area contributed by atoms with Crippen molar-refractivity contribution in [3.63, 3.8) is 0 Å². The van der Waals surface area contributed by atoms with E-state index in [1.165, 1.54) is 17.8 Å². The topological polar surface area (TPSA) is 45.2 Å². The summed E-state index contributed by atoms with van der Waals surface area (Å²) < 4.78 is 0. The van der Waals surface area contributed by atoms with Gasteiger partial charge < -0.3 is 10.2 Å². The first-order valence-corrected chi connectivity index (χ1v) is 7.79. The van der Waals surface area contributed by atoms with E-state index in [1.807, 2.05) is 6.92 Å². The number of thiazole rings is 1. The standard InChI is InChI=1S/C14H23N3OS/c1-10-6-11(2)9-17(8-10)5-4-15-14(18)13-7-16-12(3)19-13/h7,10-11H,4-6,8-9H2,1-3H3,(H,15,18). The fourth-order valence-corrected chi connectivity index (χ4v) is 3.55. The van der Waals surface area contributed by atoms with Crippen LogP contribution in [0.5, 0.6) is 0 Å². The number of carbonyl (C=O) groups is 1. The van der Waals surface area contributed by atoms with E-state index in [1.54, 1.807) is 6.20 Å². The van der Waals surface area contributed by atoms with Gasteiger partial charge in [-0.1, -0.05) is 13.8 Å². The molecule has 106 valence electrons. The number of amides is 1. The second-order valence-corrected chi connectivity index (χ2v) is 6.94. The molecule has 0 saturated carbocycles. The van der Waals surface area contributed by atoms with Crippen LogP contribution < -0.4 is 5.32 Å². The third kappa shape index (κ3) is 4.28. The van der Waals surface area contributed by atoms with Gasteiger partial charge in [-0.3, -0.25) is 4.79 Å². The first-order valence-electron chi connectivity index (χ1n) is 6.97. The lowest BCUT2D eigenvalue weighted by Crippen LogP contribution is -2.42.